The van der Waals surface area contributed by atoms with Crippen LogP contribution < -0.4 is 0 Å². The van der Waals surface area contributed by atoms with Gasteiger partial charge in [0.2, 0.25) is 5.88 Å². The molecule has 0 saturated carbocycles. The minimum absolute atomic E-state index is 0.122. The molecule has 0 atom stereocenters. The second kappa shape index (κ2) is 5.79. The summed E-state index contributed by atoms with van der Waals surface area (Å²) in [5.74, 6) is 0.223. The maximum Gasteiger partial charge on any atom is 0.452 e. The van der Waals surface area contributed by atoms with Crippen molar-refractivity contribution in [3.05, 3.63) is 23.8 Å². The number of H-pyrrole nitrogens is 1. The highest BCUT2D eigenvalue weighted by Gasteiger charge is 2.17. The zero-order valence-electron chi connectivity index (χ0n) is 13.5. The Balaban J connectivity index is 2.36. The molecule has 0 bridgehead atoms. The van der Waals surface area contributed by atoms with Gasteiger partial charge >= 0.3 is 6.09 Å². The van der Waals surface area contributed by atoms with Crippen LogP contribution in [0.3, 0.4) is 0 Å². The summed E-state index contributed by atoms with van der Waals surface area (Å²) >= 11 is 0. The maximum atomic E-state index is 11.6. The Morgan fingerprint density at radius 3 is 2.59 bits per heavy atom. The summed E-state index contributed by atoms with van der Waals surface area (Å²) in [4.78, 5) is 14.4. The summed E-state index contributed by atoms with van der Waals surface area (Å²) in [6, 6.07) is 5.79. The number of carbonyl (C=O) groups is 1. The molecule has 6 nitrogen and oxygen atoms in total. The van der Waals surface area contributed by atoms with Crippen molar-refractivity contribution >= 4 is 22.7 Å². The third kappa shape index (κ3) is 3.63. The zero-order valence-corrected chi connectivity index (χ0v) is 13.5. The van der Waals surface area contributed by atoms with Crippen molar-refractivity contribution in [2.45, 2.75) is 46.1 Å². The van der Waals surface area contributed by atoms with Gasteiger partial charge < -0.3 is 14.8 Å². The van der Waals surface area contributed by atoms with E-state index in [-0.39, 0.29) is 11.6 Å². The van der Waals surface area contributed by atoms with Crippen LogP contribution in [0.5, 0.6) is 5.88 Å². The number of rotatable bonds is 2. The van der Waals surface area contributed by atoms with Gasteiger partial charge in [-0.2, -0.15) is 0 Å². The Morgan fingerprint density at radius 1 is 1.32 bits per heavy atom. The minimum atomic E-state index is -0.790. The van der Waals surface area contributed by atoms with E-state index in [9.17, 15) is 9.90 Å². The van der Waals surface area contributed by atoms with Gasteiger partial charge in [-0.25, -0.2) is 4.79 Å². The fourth-order valence-corrected chi connectivity index (χ4v) is 2.01. The van der Waals surface area contributed by atoms with Crippen molar-refractivity contribution in [3.63, 3.8) is 0 Å². The van der Waals surface area contributed by atoms with Gasteiger partial charge in [0.05, 0.1) is 5.52 Å². The SMILES string of the molecule is CC(C)c1ccc2[nH]c(O)c(N=NC(=O)OC(C)(C)C)c2c1. The van der Waals surface area contributed by atoms with Gasteiger partial charge in [0.15, 0.2) is 5.69 Å². The first-order valence-corrected chi connectivity index (χ1v) is 7.16. The summed E-state index contributed by atoms with van der Waals surface area (Å²) in [6.07, 6.45) is -0.790. The van der Waals surface area contributed by atoms with Crippen LogP contribution in [0.15, 0.2) is 28.4 Å². The Hall–Kier alpha value is -2.37. The van der Waals surface area contributed by atoms with E-state index in [0.29, 0.717) is 5.92 Å². The van der Waals surface area contributed by atoms with E-state index in [1.807, 2.05) is 18.2 Å². The molecule has 0 aliphatic rings. The highest BCUT2D eigenvalue weighted by Crippen LogP contribution is 2.37. The van der Waals surface area contributed by atoms with E-state index in [0.717, 1.165) is 16.5 Å². The summed E-state index contributed by atoms with van der Waals surface area (Å²) in [6.45, 7) is 9.40. The van der Waals surface area contributed by atoms with Crippen molar-refractivity contribution in [2.24, 2.45) is 10.2 Å². The summed E-state index contributed by atoms with van der Waals surface area (Å²) in [5, 5.41) is 18.0. The highest BCUT2D eigenvalue weighted by atomic mass is 16.6. The number of aromatic nitrogens is 1. The molecule has 0 fully saturated rings. The van der Waals surface area contributed by atoms with Crippen LogP contribution in [0.2, 0.25) is 0 Å². The normalized spacial score (nSPS) is 12.5. The molecule has 1 amide bonds. The Morgan fingerprint density at radius 2 is 2.00 bits per heavy atom. The molecule has 0 unspecified atom stereocenters. The van der Waals surface area contributed by atoms with E-state index in [2.05, 4.69) is 29.1 Å². The molecule has 1 aromatic heterocycles. The number of fused-ring (bicyclic) bond motifs is 1. The molecule has 2 rings (SSSR count). The van der Waals surface area contributed by atoms with Crippen molar-refractivity contribution < 1.29 is 14.6 Å². The molecule has 1 heterocycles. The molecule has 6 heteroatoms. The van der Waals surface area contributed by atoms with Gasteiger partial charge in [-0.05, 0) is 44.4 Å². The number of hydrogen-bond donors (Lipinski definition) is 2. The molecule has 0 aliphatic heterocycles. The van der Waals surface area contributed by atoms with E-state index < -0.39 is 11.7 Å². The minimum Gasteiger partial charge on any atom is -0.493 e. The lowest BCUT2D eigenvalue weighted by molar-refractivity contribution is 0.0592. The zero-order chi connectivity index (χ0) is 16.5. The van der Waals surface area contributed by atoms with Crippen molar-refractivity contribution in [1.82, 2.24) is 4.98 Å². The van der Waals surface area contributed by atoms with Gasteiger partial charge in [0.25, 0.3) is 0 Å². The lowest BCUT2D eigenvalue weighted by Crippen LogP contribution is -2.21. The number of nitrogens with one attached hydrogen (secondary N) is 1. The Labute approximate surface area is 129 Å². The lowest BCUT2D eigenvalue weighted by Gasteiger charge is -2.16. The molecule has 0 saturated heterocycles. The first-order valence-electron chi connectivity index (χ1n) is 7.16. The number of benzene rings is 1. The first-order chi connectivity index (χ1) is 10.2. The second-order valence-corrected chi connectivity index (χ2v) is 6.46. The smallest absolute Gasteiger partial charge is 0.452 e. The quantitative estimate of drug-likeness (QED) is 0.764. The van der Waals surface area contributed by atoms with Crippen LogP contribution in [-0.2, 0) is 4.74 Å². The average Bonchev–Trinajstić information content (AvgIpc) is 2.68. The van der Waals surface area contributed by atoms with Crippen LogP contribution >= 0.6 is 0 Å². The number of aromatic amines is 1. The molecule has 2 aromatic rings. The standard InChI is InChI=1S/C16H21N3O3/c1-9(2)10-6-7-12-11(8-10)13(14(20)17-12)18-19-15(21)22-16(3,4)5/h6-9,17,20H,1-5H3. The molecule has 1 aromatic carbocycles. The lowest BCUT2D eigenvalue weighted by atomic mass is 10.0. The van der Waals surface area contributed by atoms with Gasteiger partial charge in [-0.15, -0.1) is 5.11 Å². The number of ether oxygens (including phenoxy) is 1. The number of amides is 1. The molecule has 2 N–H and O–H groups in total. The predicted octanol–water partition coefficient (Wildman–Crippen LogP) is 5.02. The van der Waals surface area contributed by atoms with E-state index in [1.54, 1.807) is 20.8 Å². The third-order valence-electron chi connectivity index (χ3n) is 3.07. The summed E-state index contributed by atoms with van der Waals surface area (Å²) < 4.78 is 5.06. The van der Waals surface area contributed by atoms with Crippen LogP contribution in [0.1, 0.15) is 46.1 Å². The van der Waals surface area contributed by atoms with Gasteiger partial charge in [-0.1, -0.05) is 25.0 Å². The van der Waals surface area contributed by atoms with Gasteiger partial charge in [0, 0.05) is 5.39 Å². The molecule has 0 radical (unpaired) electrons. The van der Waals surface area contributed by atoms with Gasteiger partial charge in [0.1, 0.15) is 5.60 Å². The number of hydrogen-bond acceptors (Lipinski definition) is 4. The Bertz CT molecular complexity index is 724. The topological polar surface area (TPSA) is 87.0 Å². The Kier molecular flexibility index (Phi) is 4.21. The van der Waals surface area contributed by atoms with E-state index in [1.165, 1.54) is 0 Å². The van der Waals surface area contributed by atoms with Gasteiger partial charge in [-0.3, -0.25) is 0 Å². The molecular weight excluding hydrogens is 282 g/mol. The fourth-order valence-electron chi connectivity index (χ4n) is 2.01. The number of azo groups is 1. The van der Waals surface area contributed by atoms with Crippen LogP contribution in [0.4, 0.5) is 10.5 Å². The van der Waals surface area contributed by atoms with E-state index >= 15 is 0 Å². The largest absolute Gasteiger partial charge is 0.493 e. The summed E-state index contributed by atoms with van der Waals surface area (Å²) in [5.41, 5.74) is 1.45. The van der Waals surface area contributed by atoms with Crippen LogP contribution in [-0.4, -0.2) is 21.8 Å². The second-order valence-electron chi connectivity index (χ2n) is 6.46. The molecule has 118 valence electrons. The third-order valence-corrected chi connectivity index (χ3v) is 3.07. The van der Waals surface area contributed by atoms with Crippen LogP contribution in [0, 0.1) is 0 Å². The van der Waals surface area contributed by atoms with Crippen molar-refractivity contribution in [2.75, 3.05) is 0 Å². The maximum absolute atomic E-state index is 11.6. The predicted molar refractivity (Wildman–Crippen MR) is 84.8 cm³/mol. The molecule has 22 heavy (non-hydrogen) atoms. The monoisotopic (exact) mass is 303 g/mol. The first kappa shape index (κ1) is 16.0. The fraction of sp³-hybridized carbons (Fsp3) is 0.438. The van der Waals surface area contributed by atoms with Crippen molar-refractivity contribution in [1.29, 1.82) is 0 Å². The van der Waals surface area contributed by atoms with E-state index in [4.69, 9.17) is 4.74 Å². The number of nitrogens with zero attached hydrogens (tertiary/aromatic N) is 2. The molecule has 0 aliphatic carbocycles. The van der Waals surface area contributed by atoms with Crippen molar-refractivity contribution in [3.8, 4) is 5.88 Å². The number of aromatic hydroxyl groups is 1. The van der Waals surface area contributed by atoms with Crippen LogP contribution in [0.25, 0.3) is 10.9 Å². The number of carbonyl (C=O) groups excluding carboxylic acids is 1. The average molecular weight is 303 g/mol. The summed E-state index contributed by atoms with van der Waals surface area (Å²) in [7, 11) is 0. The highest BCUT2D eigenvalue weighted by molar-refractivity contribution is 5.94. The molecule has 0 spiro atoms. The molecular formula is C16H21N3O3.